The van der Waals surface area contributed by atoms with Crippen molar-refractivity contribution in [2.24, 2.45) is 5.73 Å². The van der Waals surface area contributed by atoms with Crippen LogP contribution in [-0.4, -0.2) is 9.55 Å². The van der Waals surface area contributed by atoms with Crippen molar-refractivity contribution in [1.29, 1.82) is 0 Å². The van der Waals surface area contributed by atoms with Gasteiger partial charge in [0.2, 0.25) is 0 Å². The third kappa shape index (κ3) is 1.27. The highest BCUT2D eigenvalue weighted by molar-refractivity contribution is 5.19. The fourth-order valence-corrected chi connectivity index (χ4v) is 2.20. The van der Waals surface area contributed by atoms with Gasteiger partial charge in [-0.1, -0.05) is 6.92 Å². The molecule has 0 aromatic carbocycles. The summed E-state index contributed by atoms with van der Waals surface area (Å²) in [7, 11) is 0. The van der Waals surface area contributed by atoms with Crippen LogP contribution in [0.2, 0.25) is 0 Å². The molecule has 2 heterocycles. The van der Waals surface area contributed by atoms with E-state index >= 15 is 0 Å². The van der Waals surface area contributed by atoms with E-state index in [1.165, 1.54) is 24.4 Å². The number of fused-ring (bicyclic) bond motifs is 1. The maximum absolute atomic E-state index is 5.70. The van der Waals surface area contributed by atoms with E-state index in [2.05, 4.69) is 23.4 Å². The molecule has 0 fully saturated rings. The molecule has 1 aromatic heterocycles. The van der Waals surface area contributed by atoms with Crippen LogP contribution < -0.4 is 5.73 Å². The normalized spacial score (nSPS) is 21.6. The highest BCUT2D eigenvalue weighted by atomic mass is 15.1. The van der Waals surface area contributed by atoms with Gasteiger partial charge >= 0.3 is 0 Å². The van der Waals surface area contributed by atoms with E-state index in [9.17, 15) is 0 Å². The molecule has 1 aromatic rings. The van der Waals surface area contributed by atoms with Crippen molar-refractivity contribution >= 4 is 0 Å². The zero-order valence-electron chi connectivity index (χ0n) is 8.38. The molecule has 1 aliphatic rings. The van der Waals surface area contributed by atoms with Crippen molar-refractivity contribution in [1.82, 2.24) is 9.55 Å². The minimum atomic E-state index is 0.604. The van der Waals surface area contributed by atoms with E-state index in [4.69, 9.17) is 5.73 Å². The largest absolute Gasteiger partial charge is 0.330 e. The standard InChI is InChI=1S/C10H17N3/c1-7-4-3-5-13-9(6-11)8(2)12-10(7)13/h7H,3-6,11H2,1-2H3. The number of aromatic nitrogens is 2. The molecule has 3 nitrogen and oxygen atoms in total. The highest BCUT2D eigenvalue weighted by Gasteiger charge is 2.21. The molecule has 0 amide bonds. The predicted molar refractivity (Wildman–Crippen MR) is 52.5 cm³/mol. The SMILES string of the molecule is Cc1nc2n(c1CN)CCCC2C. The molecule has 0 saturated heterocycles. The molecule has 1 unspecified atom stereocenters. The molecule has 2 N–H and O–H groups in total. The molecule has 0 radical (unpaired) electrons. The second-order valence-electron chi connectivity index (χ2n) is 3.90. The first kappa shape index (κ1) is 8.75. The first-order valence-corrected chi connectivity index (χ1v) is 5.00. The molecule has 13 heavy (non-hydrogen) atoms. The first-order chi connectivity index (χ1) is 6.24. The maximum atomic E-state index is 5.70. The van der Waals surface area contributed by atoms with Gasteiger partial charge in [-0.3, -0.25) is 0 Å². The summed E-state index contributed by atoms with van der Waals surface area (Å²) < 4.78 is 2.31. The number of imidazole rings is 1. The van der Waals surface area contributed by atoms with Gasteiger partial charge in [-0.25, -0.2) is 4.98 Å². The van der Waals surface area contributed by atoms with E-state index in [0.717, 1.165) is 12.2 Å². The number of aryl methyl sites for hydroxylation is 1. The van der Waals surface area contributed by atoms with Gasteiger partial charge in [0.15, 0.2) is 0 Å². The number of rotatable bonds is 1. The number of nitrogens with two attached hydrogens (primary N) is 1. The molecular formula is C10H17N3. The molecule has 0 spiro atoms. The van der Waals surface area contributed by atoms with Gasteiger partial charge in [-0.2, -0.15) is 0 Å². The zero-order chi connectivity index (χ0) is 9.42. The minimum absolute atomic E-state index is 0.604. The molecule has 0 bridgehead atoms. The van der Waals surface area contributed by atoms with Gasteiger partial charge < -0.3 is 10.3 Å². The van der Waals surface area contributed by atoms with Crippen molar-refractivity contribution in [2.75, 3.05) is 0 Å². The Labute approximate surface area is 79.0 Å². The van der Waals surface area contributed by atoms with Crippen molar-refractivity contribution in [3.05, 3.63) is 17.2 Å². The first-order valence-electron chi connectivity index (χ1n) is 5.00. The van der Waals surface area contributed by atoms with Crippen LogP contribution >= 0.6 is 0 Å². The number of nitrogens with zero attached hydrogens (tertiary/aromatic N) is 2. The van der Waals surface area contributed by atoms with Crippen LogP contribution in [0, 0.1) is 6.92 Å². The summed E-state index contributed by atoms with van der Waals surface area (Å²) in [4.78, 5) is 4.59. The van der Waals surface area contributed by atoms with Crippen LogP contribution in [0.25, 0.3) is 0 Å². The quantitative estimate of drug-likeness (QED) is 0.710. The summed E-state index contributed by atoms with van der Waals surface area (Å²) >= 11 is 0. The molecule has 0 saturated carbocycles. The second-order valence-corrected chi connectivity index (χ2v) is 3.90. The lowest BCUT2D eigenvalue weighted by Crippen LogP contribution is -2.17. The van der Waals surface area contributed by atoms with Gasteiger partial charge in [0.1, 0.15) is 5.82 Å². The van der Waals surface area contributed by atoms with Gasteiger partial charge in [0.25, 0.3) is 0 Å². The van der Waals surface area contributed by atoms with Crippen molar-refractivity contribution in [3.8, 4) is 0 Å². The Morgan fingerprint density at radius 2 is 2.38 bits per heavy atom. The Balaban J connectivity index is 2.50. The molecular weight excluding hydrogens is 162 g/mol. The van der Waals surface area contributed by atoms with E-state index < -0.39 is 0 Å². The molecule has 0 aliphatic carbocycles. The third-order valence-corrected chi connectivity index (χ3v) is 2.96. The molecule has 3 heteroatoms. The average molecular weight is 179 g/mol. The summed E-state index contributed by atoms with van der Waals surface area (Å²) in [5, 5.41) is 0. The van der Waals surface area contributed by atoms with E-state index in [1.807, 2.05) is 0 Å². The van der Waals surface area contributed by atoms with Gasteiger partial charge in [-0.05, 0) is 19.8 Å². The van der Waals surface area contributed by atoms with Crippen LogP contribution in [0.5, 0.6) is 0 Å². The summed E-state index contributed by atoms with van der Waals surface area (Å²) in [5.74, 6) is 1.84. The minimum Gasteiger partial charge on any atom is -0.330 e. The molecule has 2 rings (SSSR count). The van der Waals surface area contributed by atoms with Crippen LogP contribution in [-0.2, 0) is 13.1 Å². The van der Waals surface area contributed by atoms with Crippen molar-refractivity contribution < 1.29 is 0 Å². The number of hydrogen-bond donors (Lipinski definition) is 1. The lowest BCUT2D eigenvalue weighted by Gasteiger charge is -2.21. The Morgan fingerprint density at radius 3 is 3.08 bits per heavy atom. The predicted octanol–water partition coefficient (Wildman–Crippen LogP) is 1.55. The lowest BCUT2D eigenvalue weighted by molar-refractivity contribution is 0.454. The van der Waals surface area contributed by atoms with Crippen LogP contribution in [0.15, 0.2) is 0 Å². The van der Waals surface area contributed by atoms with Gasteiger partial charge in [0.05, 0.1) is 11.4 Å². The number of hydrogen-bond acceptors (Lipinski definition) is 2. The fraction of sp³-hybridized carbons (Fsp3) is 0.700. The van der Waals surface area contributed by atoms with Crippen molar-refractivity contribution in [2.45, 2.75) is 45.7 Å². The molecule has 72 valence electrons. The zero-order valence-corrected chi connectivity index (χ0v) is 8.38. The van der Waals surface area contributed by atoms with E-state index in [0.29, 0.717) is 12.5 Å². The van der Waals surface area contributed by atoms with Gasteiger partial charge in [-0.15, -0.1) is 0 Å². The Bertz CT molecular complexity index is 314. The highest BCUT2D eigenvalue weighted by Crippen LogP contribution is 2.27. The third-order valence-electron chi connectivity index (χ3n) is 2.96. The second kappa shape index (κ2) is 3.14. The maximum Gasteiger partial charge on any atom is 0.112 e. The average Bonchev–Trinajstić information content (AvgIpc) is 2.43. The van der Waals surface area contributed by atoms with E-state index in [-0.39, 0.29) is 0 Å². The summed E-state index contributed by atoms with van der Waals surface area (Å²) in [6.07, 6.45) is 2.53. The van der Waals surface area contributed by atoms with Gasteiger partial charge in [0, 0.05) is 19.0 Å². The monoisotopic (exact) mass is 179 g/mol. The summed E-state index contributed by atoms with van der Waals surface area (Å²) in [6, 6.07) is 0. The fourth-order valence-electron chi connectivity index (χ4n) is 2.20. The smallest absolute Gasteiger partial charge is 0.112 e. The molecule has 1 aliphatic heterocycles. The van der Waals surface area contributed by atoms with Crippen LogP contribution in [0.1, 0.15) is 42.9 Å². The van der Waals surface area contributed by atoms with Crippen molar-refractivity contribution in [3.63, 3.8) is 0 Å². The van der Waals surface area contributed by atoms with Crippen LogP contribution in [0.4, 0.5) is 0 Å². The molecule has 1 atom stereocenters. The topological polar surface area (TPSA) is 43.8 Å². The summed E-state index contributed by atoms with van der Waals surface area (Å²) in [6.45, 7) is 6.02. The van der Waals surface area contributed by atoms with Crippen LogP contribution in [0.3, 0.4) is 0 Å². The Kier molecular flexibility index (Phi) is 2.12. The van der Waals surface area contributed by atoms with E-state index in [1.54, 1.807) is 0 Å². The Morgan fingerprint density at radius 1 is 1.62 bits per heavy atom. The lowest BCUT2D eigenvalue weighted by atomic mass is 10.0. The summed E-state index contributed by atoms with van der Waals surface area (Å²) in [5.41, 5.74) is 8.04. The Hall–Kier alpha value is -0.830.